The van der Waals surface area contributed by atoms with Gasteiger partial charge in [0.05, 0.1) is 10.0 Å². The number of halogens is 2. The summed E-state index contributed by atoms with van der Waals surface area (Å²) in [5.41, 5.74) is 0.504. The minimum absolute atomic E-state index is 0.0837. The van der Waals surface area contributed by atoms with Crippen LogP contribution in [0.3, 0.4) is 0 Å². The second-order valence-corrected chi connectivity index (χ2v) is 5.30. The fourth-order valence-electron chi connectivity index (χ4n) is 2.31. The number of ketones is 1. The van der Waals surface area contributed by atoms with E-state index in [0.717, 1.165) is 25.7 Å². The molecule has 2 nitrogen and oxygen atoms in total. The average Bonchev–Trinajstić information content (AvgIpc) is 2.35. The van der Waals surface area contributed by atoms with Gasteiger partial charge in [-0.25, -0.2) is 0 Å². The van der Waals surface area contributed by atoms with Crippen molar-refractivity contribution in [1.29, 1.82) is 0 Å². The topological polar surface area (TPSA) is 37.3 Å². The monoisotopic (exact) mass is 272 g/mol. The highest BCUT2D eigenvalue weighted by Crippen LogP contribution is 2.35. The van der Waals surface area contributed by atoms with Gasteiger partial charge < -0.3 is 5.11 Å². The Kier molecular flexibility index (Phi) is 3.95. The van der Waals surface area contributed by atoms with Gasteiger partial charge in [0.25, 0.3) is 0 Å². The summed E-state index contributed by atoms with van der Waals surface area (Å²) in [5, 5.41) is 9.72. The maximum atomic E-state index is 12.2. The summed E-state index contributed by atoms with van der Waals surface area (Å²) < 4.78 is 0. The van der Waals surface area contributed by atoms with Crippen LogP contribution in [0.2, 0.25) is 10.0 Å². The van der Waals surface area contributed by atoms with E-state index in [0.29, 0.717) is 5.56 Å². The van der Waals surface area contributed by atoms with Gasteiger partial charge in [-0.15, -0.1) is 0 Å². The highest BCUT2D eigenvalue weighted by Gasteiger charge is 2.23. The molecule has 1 aliphatic rings. The summed E-state index contributed by atoms with van der Waals surface area (Å²) in [5.74, 6) is 0.0162. The summed E-state index contributed by atoms with van der Waals surface area (Å²) >= 11 is 11.6. The van der Waals surface area contributed by atoms with Crippen molar-refractivity contribution in [3.05, 3.63) is 27.7 Å². The molecule has 0 heterocycles. The molecule has 1 aromatic carbocycles. The number of benzene rings is 1. The Labute approximate surface area is 111 Å². The second kappa shape index (κ2) is 5.28. The molecule has 0 saturated heterocycles. The molecule has 0 spiro atoms. The standard InChI is InChI=1S/C13H14Cl2O2/c14-10-6-9(7-11(15)13(10)17)12(16)8-4-2-1-3-5-8/h6-8,17H,1-5H2. The minimum atomic E-state index is -0.159. The number of phenolic OH excluding ortho intramolecular Hbond substituents is 1. The first-order chi connectivity index (χ1) is 8.09. The number of phenols is 1. The third-order valence-corrected chi connectivity index (χ3v) is 3.85. The van der Waals surface area contributed by atoms with Gasteiger partial charge in [-0.3, -0.25) is 4.79 Å². The predicted molar refractivity (Wildman–Crippen MR) is 69.0 cm³/mol. The van der Waals surface area contributed by atoms with Crippen molar-refractivity contribution < 1.29 is 9.90 Å². The molecular weight excluding hydrogens is 259 g/mol. The van der Waals surface area contributed by atoms with Crippen LogP contribution in [-0.4, -0.2) is 10.9 Å². The Morgan fingerprint density at radius 1 is 1.12 bits per heavy atom. The summed E-state index contributed by atoms with van der Waals surface area (Å²) in [4.78, 5) is 12.2. The van der Waals surface area contributed by atoms with Crippen molar-refractivity contribution in [3.8, 4) is 5.75 Å². The summed E-state index contributed by atoms with van der Waals surface area (Å²) in [6.07, 6.45) is 5.30. The molecule has 1 aliphatic carbocycles. The lowest BCUT2D eigenvalue weighted by molar-refractivity contribution is 0.0889. The predicted octanol–water partition coefficient (Wildman–Crippen LogP) is 4.46. The van der Waals surface area contributed by atoms with E-state index in [4.69, 9.17) is 23.2 Å². The zero-order chi connectivity index (χ0) is 12.4. The van der Waals surface area contributed by atoms with E-state index < -0.39 is 0 Å². The van der Waals surface area contributed by atoms with Crippen LogP contribution in [0, 0.1) is 5.92 Å². The van der Waals surface area contributed by atoms with E-state index in [1.165, 1.54) is 18.6 Å². The maximum Gasteiger partial charge on any atom is 0.166 e. The quantitative estimate of drug-likeness (QED) is 0.807. The molecule has 0 aliphatic heterocycles. The third-order valence-electron chi connectivity index (χ3n) is 3.28. The normalized spacial score (nSPS) is 17.1. The molecule has 0 amide bonds. The van der Waals surface area contributed by atoms with Crippen molar-refractivity contribution in [2.45, 2.75) is 32.1 Å². The van der Waals surface area contributed by atoms with Crippen molar-refractivity contribution in [1.82, 2.24) is 0 Å². The van der Waals surface area contributed by atoms with Crippen molar-refractivity contribution in [3.63, 3.8) is 0 Å². The molecule has 4 heteroatoms. The molecule has 2 rings (SSSR count). The Morgan fingerprint density at radius 2 is 1.65 bits per heavy atom. The van der Waals surface area contributed by atoms with Crippen LogP contribution in [-0.2, 0) is 0 Å². The Hall–Kier alpha value is -0.730. The van der Waals surface area contributed by atoms with Crippen molar-refractivity contribution in [2.75, 3.05) is 0 Å². The number of Topliss-reactive ketones (excluding diaryl/α,β-unsaturated/α-hetero) is 1. The van der Waals surface area contributed by atoms with Gasteiger partial charge in [-0.2, -0.15) is 0 Å². The second-order valence-electron chi connectivity index (χ2n) is 4.49. The zero-order valence-corrected chi connectivity index (χ0v) is 10.9. The lowest BCUT2D eigenvalue weighted by atomic mass is 9.84. The molecule has 1 fully saturated rings. The van der Waals surface area contributed by atoms with Crippen LogP contribution >= 0.6 is 23.2 Å². The Bertz CT molecular complexity index is 414. The van der Waals surface area contributed by atoms with Gasteiger partial charge in [-0.05, 0) is 25.0 Å². The largest absolute Gasteiger partial charge is 0.505 e. The molecule has 1 N–H and O–H groups in total. The Balaban J connectivity index is 2.24. The zero-order valence-electron chi connectivity index (χ0n) is 9.38. The van der Waals surface area contributed by atoms with Crippen molar-refractivity contribution >= 4 is 29.0 Å². The van der Waals surface area contributed by atoms with Gasteiger partial charge >= 0.3 is 0 Å². The number of hydrogen-bond acceptors (Lipinski definition) is 2. The van der Waals surface area contributed by atoms with Crippen LogP contribution in [0.25, 0.3) is 0 Å². The van der Waals surface area contributed by atoms with E-state index in [1.807, 2.05) is 0 Å². The first kappa shape index (κ1) is 12.7. The molecular formula is C13H14Cl2O2. The summed E-state index contributed by atoms with van der Waals surface area (Å²) in [6, 6.07) is 3.00. The lowest BCUT2D eigenvalue weighted by Gasteiger charge is -2.20. The third kappa shape index (κ3) is 2.75. The fourth-order valence-corrected chi connectivity index (χ4v) is 2.80. The van der Waals surface area contributed by atoms with Crippen LogP contribution in [0.4, 0.5) is 0 Å². The van der Waals surface area contributed by atoms with Crippen LogP contribution in [0.5, 0.6) is 5.75 Å². The molecule has 92 valence electrons. The molecule has 0 radical (unpaired) electrons. The maximum absolute atomic E-state index is 12.2. The molecule has 1 aromatic rings. The molecule has 0 aromatic heterocycles. The highest BCUT2D eigenvalue weighted by molar-refractivity contribution is 6.37. The smallest absolute Gasteiger partial charge is 0.166 e. The minimum Gasteiger partial charge on any atom is -0.505 e. The number of carbonyl (C=O) groups is 1. The number of aromatic hydroxyl groups is 1. The number of hydrogen-bond donors (Lipinski definition) is 1. The van der Waals surface area contributed by atoms with Crippen LogP contribution < -0.4 is 0 Å². The van der Waals surface area contributed by atoms with Gasteiger partial charge in [0, 0.05) is 11.5 Å². The van der Waals surface area contributed by atoms with Crippen LogP contribution in [0.15, 0.2) is 12.1 Å². The Morgan fingerprint density at radius 3 is 2.18 bits per heavy atom. The molecule has 0 unspecified atom stereocenters. The van der Waals surface area contributed by atoms with Gasteiger partial charge in [-0.1, -0.05) is 42.5 Å². The van der Waals surface area contributed by atoms with E-state index >= 15 is 0 Å². The molecule has 1 saturated carbocycles. The SMILES string of the molecule is O=C(c1cc(Cl)c(O)c(Cl)c1)C1CCCCC1. The fraction of sp³-hybridized carbons (Fsp3) is 0.462. The summed E-state index contributed by atoms with van der Waals surface area (Å²) in [7, 11) is 0. The first-order valence-corrected chi connectivity index (χ1v) is 6.57. The van der Waals surface area contributed by atoms with Crippen molar-refractivity contribution in [2.24, 2.45) is 5.92 Å². The van der Waals surface area contributed by atoms with Gasteiger partial charge in [0.15, 0.2) is 11.5 Å². The highest BCUT2D eigenvalue weighted by atomic mass is 35.5. The van der Waals surface area contributed by atoms with E-state index in [2.05, 4.69) is 0 Å². The first-order valence-electron chi connectivity index (χ1n) is 5.82. The number of carbonyl (C=O) groups excluding carboxylic acids is 1. The summed E-state index contributed by atoms with van der Waals surface area (Å²) in [6.45, 7) is 0. The number of rotatable bonds is 2. The van der Waals surface area contributed by atoms with E-state index in [9.17, 15) is 9.90 Å². The molecule has 17 heavy (non-hydrogen) atoms. The van der Waals surface area contributed by atoms with E-state index in [1.54, 1.807) is 0 Å². The average molecular weight is 273 g/mol. The van der Waals surface area contributed by atoms with E-state index in [-0.39, 0.29) is 27.5 Å². The lowest BCUT2D eigenvalue weighted by Crippen LogP contribution is -2.17. The van der Waals surface area contributed by atoms with Gasteiger partial charge in [0.2, 0.25) is 0 Å². The van der Waals surface area contributed by atoms with Gasteiger partial charge in [0.1, 0.15) is 0 Å². The molecule has 0 bridgehead atoms. The van der Waals surface area contributed by atoms with Crippen LogP contribution in [0.1, 0.15) is 42.5 Å². The molecule has 0 atom stereocenters.